The molecule has 29 heavy (non-hydrogen) atoms. The predicted molar refractivity (Wildman–Crippen MR) is 121 cm³/mol. The number of benzene rings is 1. The van der Waals surface area contributed by atoms with Gasteiger partial charge in [0.1, 0.15) is 0 Å². The lowest BCUT2D eigenvalue weighted by Gasteiger charge is -2.31. The molecule has 0 aromatic heterocycles. The first kappa shape index (κ1) is 22.4. The van der Waals surface area contributed by atoms with Gasteiger partial charge in [-0.3, -0.25) is 4.79 Å². The number of thioether (sulfide) groups is 1. The highest BCUT2D eigenvalue weighted by molar-refractivity contribution is 8.00. The van der Waals surface area contributed by atoms with Gasteiger partial charge in [-0.05, 0) is 55.6 Å². The van der Waals surface area contributed by atoms with Crippen molar-refractivity contribution in [2.75, 3.05) is 42.1 Å². The van der Waals surface area contributed by atoms with Crippen LogP contribution in [0.25, 0.3) is 0 Å². The zero-order valence-corrected chi connectivity index (χ0v) is 19.2. The Morgan fingerprint density at radius 2 is 1.66 bits per heavy atom. The van der Waals surface area contributed by atoms with Crippen LogP contribution in [0.15, 0.2) is 23.1 Å². The molecule has 2 saturated heterocycles. The Morgan fingerprint density at radius 1 is 1.03 bits per heavy atom. The third-order valence-corrected chi connectivity index (χ3v) is 8.43. The summed E-state index contributed by atoms with van der Waals surface area (Å²) in [6, 6.07) is 5.23. The number of nitrogens with zero attached hydrogens (tertiary/aromatic N) is 2. The average Bonchev–Trinajstić information content (AvgIpc) is 2.73. The first-order valence-electron chi connectivity index (χ1n) is 10.7. The van der Waals surface area contributed by atoms with Crippen molar-refractivity contribution >= 4 is 39.1 Å². The number of carbonyl (C=O) groups excluding carboxylic acids is 1. The van der Waals surface area contributed by atoms with Crippen LogP contribution in [0.4, 0.5) is 11.4 Å². The molecule has 3 rings (SSSR count). The van der Waals surface area contributed by atoms with E-state index in [1.54, 1.807) is 28.2 Å². The number of piperidine rings is 2. The maximum atomic E-state index is 13.1. The van der Waals surface area contributed by atoms with E-state index in [1.807, 2.05) is 6.07 Å². The number of hydrogen-bond acceptors (Lipinski definition) is 5. The lowest BCUT2D eigenvalue weighted by atomic mass is 10.1. The normalized spacial score (nSPS) is 18.8. The summed E-state index contributed by atoms with van der Waals surface area (Å²) in [6.45, 7) is 7.13. The Balaban J connectivity index is 1.88. The number of sulfonamides is 1. The maximum absolute atomic E-state index is 13.1. The van der Waals surface area contributed by atoms with Crippen molar-refractivity contribution in [1.29, 1.82) is 0 Å². The molecule has 0 radical (unpaired) electrons. The topological polar surface area (TPSA) is 69.7 Å². The van der Waals surface area contributed by atoms with E-state index in [-0.39, 0.29) is 10.8 Å². The molecule has 2 aliphatic rings. The average molecular weight is 440 g/mol. The SMILES string of the molecule is CC(C)SCC(=O)Nc1cc(S(=O)(=O)N2CCCCC2)ccc1N1CCCCC1. The molecule has 0 atom stereocenters. The monoisotopic (exact) mass is 439 g/mol. The van der Waals surface area contributed by atoms with Crippen LogP contribution in [-0.4, -0.2) is 55.8 Å². The van der Waals surface area contributed by atoms with Gasteiger partial charge in [-0.2, -0.15) is 4.31 Å². The van der Waals surface area contributed by atoms with Crippen LogP contribution < -0.4 is 10.2 Å². The molecule has 0 bridgehead atoms. The van der Waals surface area contributed by atoms with E-state index in [2.05, 4.69) is 24.1 Å². The molecule has 0 saturated carbocycles. The quantitative estimate of drug-likeness (QED) is 0.697. The van der Waals surface area contributed by atoms with E-state index < -0.39 is 10.0 Å². The molecule has 0 unspecified atom stereocenters. The summed E-state index contributed by atoms with van der Waals surface area (Å²) in [7, 11) is -3.54. The van der Waals surface area contributed by atoms with E-state index in [4.69, 9.17) is 0 Å². The molecule has 0 aliphatic carbocycles. The van der Waals surface area contributed by atoms with Crippen LogP contribution in [0.3, 0.4) is 0 Å². The Morgan fingerprint density at radius 3 is 2.28 bits per heavy atom. The minimum absolute atomic E-state index is 0.0884. The summed E-state index contributed by atoms with van der Waals surface area (Å²) in [5.74, 6) is 0.273. The Labute approximate surface area is 179 Å². The molecule has 6 nitrogen and oxygen atoms in total. The fourth-order valence-electron chi connectivity index (χ4n) is 3.87. The van der Waals surface area contributed by atoms with E-state index in [0.717, 1.165) is 50.9 Å². The zero-order chi connectivity index (χ0) is 20.9. The minimum atomic E-state index is -3.54. The second-order valence-corrected chi connectivity index (χ2v) is 11.6. The lowest BCUT2D eigenvalue weighted by molar-refractivity contribution is -0.113. The standard InChI is InChI=1S/C21H33N3O3S2/c1-17(2)28-16-21(25)22-19-15-18(29(26,27)24-13-7-4-8-14-24)9-10-20(19)23-11-5-3-6-12-23/h9-10,15,17H,3-8,11-14,16H2,1-2H3,(H,22,25). The van der Waals surface area contributed by atoms with Crippen molar-refractivity contribution in [1.82, 2.24) is 4.31 Å². The number of hydrogen-bond donors (Lipinski definition) is 1. The number of amides is 1. The number of carbonyl (C=O) groups is 1. The summed E-state index contributed by atoms with van der Waals surface area (Å²) in [6.07, 6.45) is 6.33. The number of rotatable bonds is 7. The van der Waals surface area contributed by atoms with Crippen LogP contribution in [-0.2, 0) is 14.8 Å². The molecular weight excluding hydrogens is 406 g/mol. The fourth-order valence-corrected chi connectivity index (χ4v) is 5.97. The molecule has 1 aromatic carbocycles. The van der Waals surface area contributed by atoms with Crippen LogP contribution in [0.1, 0.15) is 52.4 Å². The second-order valence-electron chi connectivity index (χ2n) is 8.10. The van der Waals surface area contributed by atoms with Crippen LogP contribution in [0.5, 0.6) is 0 Å². The van der Waals surface area contributed by atoms with Gasteiger partial charge in [-0.15, -0.1) is 11.8 Å². The molecule has 2 fully saturated rings. The third kappa shape index (κ3) is 5.89. The minimum Gasteiger partial charge on any atom is -0.370 e. The molecule has 8 heteroatoms. The van der Waals surface area contributed by atoms with E-state index in [1.165, 1.54) is 6.42 Å². The Hall–Kier alpha value is -1.25. The van der Waals surface area contributed by atoms with Crippen LogP contribution >= 0.6 is 11.8 Å². The smallest absolute Gasteiger partial charge is 0.243 e. The lowest BCUT2D eigenvalue weighted by Crippen LogP contribution is -2.36. The van der Waals surface area contributed by atoms with Gasteiger partial charge in [0.2, 0.25) is 15.9 Å². The summed E-state index contributed by atoms with van der Waals surface area (Å²) >= 11 is 1.58. The summed E-state index contributed by atoms with van der Waals surface area (Å²) in [5.41, 5.74) is 1.53. The van der Waals surface area contributed by atoms with Gasteiger partial charge in [0.15, 0.2) is 0 Å². The van der Waals surface area contributed by atoms with Crippen molar-refractivity contribution in [3.8, 4) is 0 Å². The Kier molecular flexibility index (Phi) is 7.87. The third-order valence-electron chi connectivity index (χ3n) is 5.44. The Bertz CT molecular complexity index is 799. The van der Waals surface area contributed by atoms with Gasteiger partial charge in [0.25, 0.3) is 0 Å². The van der Waals surface area contributed by atoms with Crippen molar-refractivity contribution in [2.45, 2.75) is 62.5 Å². The van der Waals surface area contributed by atoms with Gasteiger partial charge in [0, 0.05) is 26.2 Å². The number of nitrogens with one attached hydrogen (secondary N) is 1. The first-order chi connectivity index (χ1) is 13.9. The summed E-state index contributed by atoms with van der Waals surface area (Å²) in [4.78, 5) is 15.0. The fraction of sp³-hybridized carbons (Fsp3) is 0.667. The van der Waals surface area contributed by atoms with Crippen LogP contribution in [0, 0.1) is 0 Å². The van der Waals surface area contributed by atoms with Crippen molar-refractivity contribution < 1.29 is 13.2 Å². The highest BCUT2D eigenvalue weighted by atomic mass is 32.2. The highest BCUT2D eigenvalue weighted by Crippen LogP contribution is 2.33. The second kappa shape index (κ2) is 10.2. The van der Waals surface area contributed by atoms with Gasteiger partial charge in [-0.1, -0.05) is 20.3 Å². The number of anilines is 2. The zero-order valence-electron chi connectivity index (χ0n) is 17.5. The highest BCUT2D eigenvalue weighted by Gasteiger charge is 2.27. The van der Waals surface area contributed by atoms with Gasteiger partial charge < -0.3 is 10.2 Å². The van der Waals surface area contributed by atoms with Gasteiger partial charge in [0.05, 0.1) is 22.0 Å². The summed E-state index contributed by atoms with van der Waals surface area (Å²) < 4.78 is 27.8. The van der Waals surface area contributed by atoms with E-state index >= 15 is 0 Å². The maximum Gasteiger partial charge on any atom is 0.243 e. The summed E-state index contributed by atoms with van der Waals surface area (Å²) in [5, 5.41) is 3.36. The van der Waals surface area contributed by atoms with Crippen molar-refractivity contribution in [2.24, 2.45) is 0 Å². The van der Waals surface area contributed by atoms with E-state index in [9.17, 15) is 13.2 Å². The van der Waals surface area contributed by atoms with Crippen molar-refractivity contribution in [3.63, 3.8) is 0 Å². The molecule has 2 aliphatic heterocycles. The van der Waals surface area contributed by atoms with Gasteiger partial charge >= 0.3 is 0 Å². The van der Waals surface area contributed by atoms with Gasteiger partial charge in [-0.25, -0.2) is 8.42 Å². The van der Waals surface area contributed by atoms with Crippen molar-refractivity contribution in [3.05, 3.63) is 18.2 Å². The first-order valence-corrected chi connectivity index (χ1v) is 13.2. The molecule has 1 amide bonds. The molecule has 1 N–H and O–H groups in total. The molecule has 162 valence electrons. The van der Waals surface area contributed by atoms with Crippen LogP contribution in [0.2, 0.25) is 0 Å². The molecular formula is C21H33N3O3S2. The molecule has 0 spiro atoms. The van der Waals surface area contributed by atoms with E-state index in [0.29, 0.717) is 29.8 Å². The predicted octanol–water partition coefficient (Wildman–Crippen LogP) is 3.93. The largest absolute Gasteiger partial charge is 0.370 e. The molecule has 1 aromatic rings. The molecule has 2 heterocycles.